The number of carbonyl (C=O) groups is 1. The van der Waals surface area contributed by atoms with E-state index >= 15 is 0 Å². The molecule has 82 valence electrons. The van der Waals surface area contributed by atoms with Gasteiger partial charge in [0, 0.05) is 0 Å². The van der Waals surface area contributed by atoms with Crippen LogP contribution >= 0.6 is 36.2 Å². The number of nitrogens with zero attached hydrogens (tertiary/aromatic N) is 2. The van der Waals surface area contributed by atoms with Crippen molar-refractivity contribution in [2.24, 2.45) is 0 Å². The summed E-state index contributed by atoms with van der Waals surface area (Å²) in [5, 5.41) is 9.02. The van der Waals surface area contributed by atoms with E-state index in [-0.39, 0.29) is 11.0 Å². The summed E-state index contributed by atoms with van der Waals surface area (Å²) in [5.41, 5.74) is 0. The SMILES string of the molecule is CCSc1ccc(Cl)nc1N(S)C(=O)O. The molecule has 4 nitrogen and oxygen atoms in total. The van der Waals surface area contributed by atoms with Gasteiger partial charge in [-0.25, -0.2) is 14.1 Å². The molecule has 1 aromatic heterocycles. The lowest BCUT2D eigenvalue weighted by Gasteiger charge is -2.14. The highest BCUT2D eigenvalue weighted by Gasteiger charge is 2.16. The molecule has 0 unspecified atom stereocenters. The van der Waals surface area contributed by atoms with Gasteiger partial charge in [-0.15, -0.1) is 11.8 Å². The van der Waals surface area contributed by atoms with Crippen molar-refractivity contribution in [2.75, 3.05) is 10.1 Å². The van der Waals surface area contributed by atoms with Crippen molar-refractivity contribution in [2.45, 2.75) is 11.8 Å². The molecule has 1 aromatic rings. The second-order valence-electron chi connectivity index (χ2n) is 2.48. The van der Waals surface area contributed by atoms with Crippen LogP contribution in [0.1, 0.15) is 6.92 Å². The molecule has 1 amide bonds. The van der Waals surface area contributed by atoms with Crippen molar-refractivity contribution in [3.05, 3.63) is 17.3 Å². The van der Waals surface area contributed by atoms with Crippen molar-refractivity contribution in [3.8, 4) is 0 Å². The van der Waals surface area contributed by atoms with Crippen LogP contribution in [0.2, 0.25) is 5.15 Å². The van der Waals surface area contributed by atoms with Crippen molar-refractivity contribution in [1.29, 1.82) is 0 Å². The van der Waals surface area contributed by atoms with Gasteiger partial charge in [0.2, 0.25) is 0 Å². The fraction of sp³-hybridized carbons (Fsp3) is 0.250. The first-order valence-electron chi connectivity index (χ1n) is 4.07. The molecule has 0 bridgehead atoms. The van der Waals surface area contributed by atoms with Crippen molar-refractivity contribution in [3.63, 3.8) is 0 Å². The maximum atomic E-state index is 10.7. The topological polar surface area (TPSA) is 53.4 Å². The van der Waals surface area contributed by atoms with E-state index in [1.807, 2.05) is 6.92 Å². The Balaban J connectivity index is 3.11. The Hall–Kier alpha value is -0.590. The Morgan fingerprint density at radius 3 is 2.93 bits per heavy atom. The number of hydrogen-bond donors (Lipinski definition) is 2. The minimum absolute atomic E-state index is 0.241. The average Bonchev–Trinajstić information content (AvgIpc) is 2.20. The summed E-state index contributed by atoms with van der Waals surface area (Å²) in [5.74, 6) is 1.06. The third kappa shape index (κ3) is 3.19. The molecule has 0 aliphatic rings. The van der Waals surface area contributed by atoms with E-state index in [1.54, 1.807) is 12.1 Å². The number of rotatable bonds is 3. The number of amides is 1. The zero-order valence-electron chi connectivity index (χ0n) is 7.85. The van der Waals surface area contributed by atoms with E-state index < -0.39 is 6.09 Å². The Morgan fingerprint density at radius 1 is 1.73 bits per heavy atom. The van der Waals surface area contributed by atoms with E-state index in [1.165, 1.54) is 11.8 Å². The van der Waals surface area contributed by atoms with Crippen LogP contribution in [0.5, 0.6) is 0 Å². The molecule has 0 saturated heterocycles. The fourth-order valence-corrected chi connectivity index (χ4v) is 2.03. The summed E-state index contributed by atoms with van der Waals surface area (Å²) in [6.07, 6.45) is -1.19. The average molecular weight is 265 g/mol. The highest BCUT2D eigenvalue weighted by Crippen LogP contribution is 2.30. The van der Waals surface area contributed by atoms with Gasteiger partial charge in [-0.05, 0) is 17.9 Å². The Bertz CT molecular complexity index is 376. The Kier molecular flexibility index (Phi) is 4.56. The van der Waals surface area contributed by atoms with E-state index in [9.17, 15) is 4.79 Å². The minimum Gasteiger partial charge on any atom is -0.464 e. The first kappa shape index (κ1) is 12.5. The number of anilines is 1. The highest BCUT2D eigenvalue weighted by molar-refractivity contribution is 7.99. The van der Waals surface area contributed by atoms with Crippen LogP contribution in [0.4, 0.5) is 10.6 Å². The van der Waals surface area contributed by atoms with Crippen molar-refractivity contribution >= 4 is 48.1 Å². The van der Waals surface area contributed by atoms with Crippen LogP contribution in [0.25, 0.3) is 0 Å². The summed E-state index contributed by atoms with van der Waals surface area (Å²) in [4.78, 5) is 15.4. The third-order valence-electron chi connectivity index (χ3n) is 1.49. The van der Waals surface area contributed by atoms with E-state index in [0.717, 1.165) is 15.0 Å². The van der Waals surface area contributed by atoms with Gasteiger partial charge in [-0.3, -0.25) is 0 Å². The van der Waals surface area contributed by atoms with Gasteiger partial charge in [0.25, 0.3) is 0 Å². The van der Waals surface area contributed by atoms with Crippen LogP contribution in [-0.4, -0.2) is 21.9 Å². The van der Waals surface area contributed by atoms with E-state index in [0.29, 0.717) is 0 Å². The molecule has 0 radical (unpaired) electrons. The maximum Gasteiger partial charge on any atom is 0.423 e. The van der Waals surface area contributed by atoms with E-state index in [2.05, 4.69) is 17.8 Å². The summed E-state index contributed by atoms with van der Waals surface area (Å²) >= 11 is 11.0. The molecule has 0 saturated carbocycles. The molecule has 1 rings (SSSR count). The number of thiol groups is 1. The minimum atomic E-state index is -1.19. The molecule has 1 N–H and O–H groups in total. The molecule has 0 aromatic carbocycles. The first-order valence-corrected chi connectivity index (χ1v) is 5.84. The molecular weight excluding hydrogens is 256 g/mol. The Labute approximate surface area is 102 Å². The van der Waals surface area contributed by atoms with Crippen molar-refractivity contribution < 1.29 is 9.90 Å². The predicted octanol–water partition coefficient (Wildman–Crippen LogP) is 3.18. The second kappa shape index (κ2) is 5.48. The number of thioether (sulfide) groups is 1. The van der Waals surface area contributed by atoms with Gasteiger partial charge in [0.15, 0.2) is 5.82 Å². The first-order chi connectivity index (χ1) is 7.06. The molecule has 1 heterocycles. The molecule has 15 heavy (non-hydrogen) atoms. The Morgan fingerprint density at radius 2 is 2.40 bits per heavy atom. The molecule has 0 aliphatic carbocycles. The largest absolute Gasteiger partial charge is 0.464 e. The van der Waals surface area contributed by atoms with Crippen LogP contribution < -0.4 is 4.31 Å². The lowest BCUT2D eigenvalue weighted by atomic mass is 10.4. The zero-order chi connectivity index (χ0) is 11.4. The van der Waals surface area contributed by atoms with Crippen LogP contribution in [0.3, 0.4) is 0 Å². The normalized spacial score (nSPS) is 10.1. The summed E-state index contributed by atoms with van der Waals surface area (Å²) < 4.78 is 0.754. The van der Waals surface area contributed by atoms with Crippen LogP contribution in [-0.2, 0) is 0 Å². The molecule has 7 heteroatoms. The van der Waals surface area contributed by atoms with Gasteiger partial charge in [0.05, 0.1) is 4.90 Å². The molecule has 0 spiro atoms. The van der Waals surface area contributed by atoms with Gasteiger partial charge in [0.1, 0.15) is 5.15 Å². The third-order valence-corrected chi connectivity index (χ3v) is 2.98. The summed E-state index contributed by atoms with van der Waals surface area (Å²) in [7, 11) is 0. The number of carboxylic acid groups (broad SMARTS) is 1. The quantitative estimate of drug-likeness (QED) is 0.500. The maximum absolute atomic E-state index is 10.7. The lowest BCUT2D eigenvalue weighted by Crippen LogP contribution is -2.19. The standard InChI is InChI=1S/C8H9ClN2O2S2/c1-2-15-5-3-4-6(9)10-7(5)11(14)8(12)13/h3-4,14H,2H2,1H3,(H,12,13). The molecular formula is C8H9ClN2O2S2. The molecule has 0 aliphatic heterocycles. The van der Waals surface area contributed by atoms with E-state index in [4.69, 9.17) is 16.7 Å². The summed E-state index contributed by atoms with van der Waals surface area (Å²) in [6, 6.07) is 3.34. The predicted molar refractivity (Wildman–Crippen MR) is 65.1 cm³/mol. The molecule has 0 fully saturated rings. The second-order valence-corrected chi connectivity index (χ2v) is 4.58. The highest BCUT2D eigenvalue weighted by atomic mass is 35.5. The summed E-state index contributed by atoms with van der Waals surface area (Å²) in [6.45, 7) is 1.96. The smallest absolute Gasteiger partial charge is 0.423 e. The zero-order valence-corrected chi connectivity index (χ0v) is 10.3. The molecule has 0 atom stereocenters. The number of aromatic nitrogens is 1. The number of hydrogen-bond acceptors (Lipinski definition) is 4. The van der Waals surface area contributed by atoms with Crippen molar-refractivity contribution in [1.82, 2.24) is 4.98 Å². The number of pyridine rings is 1. The monoisotopic (exact) mass is 264 g/mol. The fourth-order valence-electron chi connectivity index (χ4n) is 0.923. The lowest BCUT2D eigenvalue weighted by molar-refractivity contribution is 0.206. The number of halogens is 1. The van der Waals surface area contributed by atoms with Crippen LogP contribution in [0, 0.1) is 0 Å². The van der Waals surface area contributed by atoms with Gasteiger partial charge < -0.3 is 5.11 Å². The van der Waals surface area contributed by atoms with Gasteiger partial charge in [-0.2, -0.15) is 0 Å². The van der Waals surface area contributed by atoms with Gasteiger partial charge >= 0.3 is 6.09 Å². The van der Waals surface area contributed by atoms with Crippen LogP contribution in [0.15, 0.2) is 17.0 Å². The van der Waals surface area contributed by atoms with Gasteiger partial charge in [-0.1, -0.05) is 31.3 Å².